The van der Waals surface area contributed by atoms with E-state index in [1.54, 1.807) is 9.80 Å². The van der Waals surface area contributed by atoms with Gasteiger partial charge in [0.2, 0.25) is 11.8 Å². The molecule has 3 aliphatic heterocycles. The molecule has 5 rings (SSSR count). The second-order valence-electron chi connectivity index (χ2n) is 11.5. The molecule has 0 atom stereocenters. The van der Waals surface area contributed by atoms with Gasteiger partial charge in [-0.3, -0.25) is 38.9 Å². The van der Waals surface area contributed by atoms with Gasteiger partial charge in [-0.05, 0) is 49.9 Å². The molecule has 3 aliphatic rings. The third-order valence-corrected chi connectivity index (χ3v) is 8.38. The maximum atomic E-state index is 13.2. The number of aliphatic carboxylic acids is 2. The van der Waals surface area contributed by atoms with Crippen molar-refractivity contribution in [2.75, 3.05) is 39.3 Å². The lowest BCUT2D eigenvalue weighted by Crippen LogP contribution is -2.45. The third kappa shape index (κ3) is 7.68. The van der Waals surface area contributed by atoms with Gasteiger partial charge >= 0.3 is 11.9 Å². The highest BCUT2D eigenvalue weighted by atomic mass is 16.4. The fourth-order valence-electron chi connectivity index (χ4n) is 6.00. The van der Waals surface area contributed by atoms with E-state index in [9.17, 15) is 29.4 Å². The number of nitrogens with zero attached hydrogens (tertiary/aromatic N) is 6. The quantitative estimate of drug-likeness (QED) is 0.516. The lowest BCUT2D eigenvalue weighted by Gasteiger charge is -2.33. The van der Waals surface area contributed by atoms with E-state index in [1.807, 2.05) is 46.2 Å². The number of hydrogen-bond donors (Lipinski definition) is 2. The largest absolute Gasteiger partial charge is 0.481 e. The summed E-state index contributed by atoms with van der Waals surface area (Å²) in [6, 6.07) is 11.6. The SMILES string of the molecule is O=C(O)C1CCN(C(=O)CN2Cc3cccc(n3)CN(CC(=O)N3CCC(C(=O)O)CC3)Cc3cccc(n3)C2)CC1. The highest BCUT2D eigenvalue weighted by Gasteiger charge is 2.29. The van der Waals surface area contributed by atoms with Crippen LogP contribution in [0.2, 0.25) is 0 Å². The zero-order valence-corrected chi connectivity index (χ0v) is 23.7. The van der Waals surface area contributed by atoms with Crippen LogP contribution in [-0.2, 0) is 45.4 Å². The Balaban J connectivity index is 1.28. The van der Waals surface area contributed by atoms with Crippen LogP contribution < -0.4 is 0 Å². The molecule has 5 heterocycles. The molecule has 0 unspecified atom stereocenters. The molecule has 4 bridgehead atoms. The highest BCUT2D eigenvalue weighted by Crippen LogP contribution is 2.20. The maximum absolute atomic E-state index is 13.2. The van der Waals surface area contributed by atoms with E-state index >= 15 is 0 Å². The summed E-state index contributed by atoms with van der Waals surface area (Å²) in [6.07, 6.45) is 1.86. The summed E-state index contributed by atoms with van der Waals surface area (Å²) in [5.41, 5.74) is 3.24. The topological polar surface area (TPSA) is 147 Å². The van der Waals surface area contributed by atoms with Crippen LogP contribution in [0.5, 0.6) is 0 Å². The molecule has 0 aromatic carbocycles. The van der Waals surface area contributed by atoms with Gasteiger partial charge in [0, 0.05) is 52.4 Å². The molecule has 2 aromatic heterocycles. The molecule has 2 saturated heterocycles. The van der Waals surface area contributed by atoms with E-state index in [-0.39, 0.29) is 24.9 Å². The van der Waals surface area contributed by atoms with Crippen LogP contribution in [0.25, 0.3) is 0 Å². The fraction of sp³-hybridized carbons (Fsp3) is 0.533. The first-order chi connectivity index (χ1) is 20.2. The molecule has 12 heteroatoms. The van der Waals surface area contributed by atoms with Crippen molar-refractivity contribution in [3.63, 3.8) is 0 Å². The molecule has 42 heavy (non-hydrogen) atoms. The molecule has 2 fully saturated rings. The number of aromatic nitrogens is 2. The summed E-state index contributed by atoms with van der Waals surface area (Å²) in [4.78, 5) is 66.3. The Bertz CT molecular complexity index is 1160. The number of amides is 2. The number of carboxylic acids is 2. The second-order valence-corrected chi connectivity index (χ2v) is 11.5. The van der Waals surface area contributed by atoms with Gasteiger partial charge in [0.05, 0.1) is 47.7 Å². The van der Waals surface area contributed by atoms with Gasteiger partial charge in [0.1, 0.15) is 0 Å². The van der Waals surface area contributed by atoms with Crippen molar-refractivity contribution in [3.05, 3.63) is 59.2 Å². The summed E-state index contributed by atoms with van der Waals surface area (Å²) >= 11 is 0. The van der Waals surface area contributed by atoms with Crippen LogP contribution in [0.4, 0.5) is 0 Å². The van der Waals surface area contributed by atoms with Gasteiger partial charge in [0.25, 0.3) is 0 Å². The smallest absolute Gasteiger partial charge is 0.306 e. The van der Waals surface area contributed by atoms with Gasteiger partial charge < -0.3 is 20.0 Å². The normalized spacial score (nSPS) is 19.5. The number of hydrogen-bond acceptors (Lipinski definition) is 8. The summed E-state index contributed by atoms with van der Waals surface area (Å²) < 4.78 is 0. The van der Waals surface area contributed by atoms with E-state index in [0.717, 1.165) is 22.8 Å². The molecule has 2 N–H and O–H groups in total. The minimum absolute atomic E-state index is 0.0321. The van der Waals surface area contributed by atoms with E-state index < -0.39 is 23.8 Å². The van der Waals surface area contributed by atoms with Crippen molar-refractivity contribution in [2.45, 2.75) is 51.9 Å². The Kier molecular flexibility index (Phi) is 9.43. The standard InChI is InChI=1S/C30H38N6O6/c37-27(35-11-7-21(8-12-35)29(39)40)19-33-15-23-3-1-4-24(31-23)16-34(18-26-6-2-5-25(17-33)32-26)20-28(38)36-13-9-22(10-14-36)30(41)42/h1-6,21-22H,7-20H2,(H,39,40)(H,41,42). The highest BCUT2D eigenvalue weighted by molar-refractivity contribution is 5.79. The molecule has 2 amide bonds. The number of likely N-dealkylation sites (tertiary alicyclic amines) is 2. The Morgan fingerprint density at radius 2 is 0.905 bits per heavy atom. The van der Waals surface area contributed by atoms with Gasteiger partial charge in [-0.15, -0.1) is 0 Å². The first-order valence-electron chi connectivity index (χ1n) is 14.6. The molecule has 0 aliphatic carbocycles. The van der Waals surface area contributed by atoms with Crippen molar-refractivity contribution in [2.24, 2.45) is 11.8 Å². The van der Waals surface area contributed by atoms with Crippen LogP contribution in [0.3, 0.4) is 0 Å². The molecule has 12 nitrogen and oxygen atoms in total. The van der Waals surface area contributed by atoms with Crippen LogP contribution in [-0.4, -0.2) is 103 Å². The van der Waals surface area contributed by atoms with Crippen molar-refractivity contribution in [1.29, 1.82) is 0 Å². The van der Waals surface area contributed by atoms with Crippen molar-refractivity contribution >= 4 is 23.8 Å². The number of fused-ring (bicyclic) bond motifs is 4. The number of carboxylic acid groups (broad SMARTS) is 2. The summed E-state index contributed by atoms with van der Waals surface area (Å²) in [5.74, 6) is -2.46. The lowest BCUT2D eigenvalue weighted by atomic mass is 9.97. The number of pyridine rings is 2. The van der Waals surface area contributed by atoms with Crippen LogP contribution in [0.15, 0.2) is 36.4 Å². The van der Waals surface area contributed by atoms with Crippen molar-refractivity contribution in [1.82, 2.24) is 29.6 Å². The summed E-state index contributed by atoms with van der Waals surface area (Å²) in [7, 11) is 0. The Labute approximate surface area is 244 Å². The summed E-state index contributed by atoms with van der Waals surface area (Å²) in [6.45, 7) is 3.87. The Hall–Kier alpha value is -3.90. The minimum atomic E-state index is -0.801. The molecular formula is C30H38N6O6. The van der Waals surface area contributed by atoms with E-state index in [1.165, 1.54) is 0 Å². The predicted molar refractivity (Wildman–Crippen MR) is 151 cm³/mol. The van der Waals surface area contributed by atoms with E-state index in [0.29, 0.717) is 78.0 Å². The van der Waals surface area contributed by atoms with Crippen LogP contribution in [0, 0.1) is 11.8 Å². The zero-order valence-electron chi connectivity index (χ0n) is 23.7. The second kappa shape index (κ2) is 13.4. The molecule has 0 spiro atoms. The number of carbonyl (C=O) groups is 4. The first-order valence-corrected chi connectivity index (χ1v) is 14.6. The summed E-state index contributed by atoms with van der Waals surface area (Å²) in [5, 5.41) is 18.6. The maximum Gasteiger partial charge on any atom is 0.306 e. The molecule has 224 valence electrons. The number of rotatable bonds is 6. The lowest BCUT2D eigenvalue weighted by molar-refractivity contribution is -0.146. The van der Waals surface area contributed by atoms with E-state index in [4.69, 9.17) is 9.97 Å². The van der Waals surface area contributed by atoms with Crippen molar-refractivity contribution < 1.29 is 29.4 Å². The fourth-order valence-corrected chi connectivity index (χ4v) is 6.00. The van der Waals surface area contributed by atoms with Gasteiger partial charge in [0.15, 0.2) is 0 Å². The number of piperidine rings is 2. The number of carbonyl (C=O) groups excluding carboxylic acids is 2. The molecular weight excluding hydrogens is 540 g/mol. The van der Waals surface area contributed by atoms with E-state index in [2.05, 4.69) is 0 Å². The molecule has 0 radical (unpaired) electrons. The van der Waals surface area contributed by atoms with Crippen LogP contribution in [0.1, 0.15) is 48.5 Å². The molecule has 2 aromatic rings. The van der Waals surface area contributed by atoms with Gasteiger partial charge in [-0.25, -0.2) is 0 Å². The predicted octanol–water partition coefficient (Wildman–Crippen LogP) is 1.44. The monoisotopic (exact) mass is 578 g/mol. The first kappa shape index (κ1) is 29.6. The minimum Gasteiger partial charge on any atom is -0.481 e. The zero-order chi connectivity index (χ0) is 29.6. The Morgan fingerprint density at radius 3 is 1.19 bits per heavy atom. The Morgan fingerprint density at radius 1 is 0.595 bits per heavy atom. The average molecular weight is 579 g/mol. The van der Waals surface area contributed by atoms with Crippen molar-refractivity contribution in [3.8, 4) is 0 Å². The third-order valence-electron chi connectivity index (χ3n) is 8.38. The van der Waals surface area contributed by atoms with Gasteiger partial charge in [-0.1, -0.05) is 12.1 Å². The van der Waals surface area contributed by atoms with Crippen LogP contribution >= 0.6 is 0 Å². The molecule has 0 saturated carbocycles. The average Bonchev–Trinajstić information content (AvgIpc) is 2.97. The van der Waals surface area contributed by atoms with Gasteiger partial charge in [-0.2, -0.15) is 0 Å².